The second kappa shape index (κ2) is 4.34. The first kappa shape index (κ1) is 12.7. The van der Waals surface area contributed by atoms with Crippen LogP contribution in [-0.4, -0.2) is 28.3 Å². The Kier molecular flexibility index (Phi) is 2.89. The first-order valence-corrected chi connectivity index (χ1v) is 7.58. The van der Waals surface area contributed by atoms with E-state index < -0.39 is 5.54 Å². The molecule has 2 fully saturated rings. The Morgan fingerprint density at radius 3 is 2.74 bits per heavy atom. The highest BCUT2D eigenvalue weighted by Crippen LogP contribution is 2.37. The molecule has 1 saturated carbocycles. The van der Waals surface area contributed by atoms with Gasteiger partial charge < -0.3 is 10.2 Å². The fourth-order valence-corrected chi connectivity index (χ4v) is 3.20. The molecule has 2 heterocycles. The molecule has 1 atom stereocenters. The van der Waals surface area contributed by atoms with Crippen LogP contribution in [0.15, 0.2) is 16.8 Å². The molecule has 0 aromatic carbocycles. The summed E-state index contributed by atoms with van der Waals surface area (Å²) in [6, 6.07) is 1.70. The lowest BCUT2D eigenvalue weighted by Gasteiger charge is -2.44. The Hall–Kier alpha value is -1.36. The number of carbonyl (C=O) groups excluding carboxylic acids is 2. The van der Waals surface area contributed by atoms with E-state index in [1.54, 1.807) is 16.2 Å². The van der Waals surface area contributed by atoms with Crippen LogP contribution in [-0.2, 0) is 16.1 Å². The van der Waals surface area contributed by atoms with Gasteiger partial charge in [0, 0.05) is 6.54 Å². The lowest BCUT2D eigenvalue weighted by atomic mass is 9.93. The molecule has 1 aliphatic carbocycles. The van der Waals surface area contributed by atoms with Crippen LogP contribution in [0.25, 0.3) is 0 Å². The molecule has 4 nitrogen and oxygen atoms in total. The zero-order valence-electron chi connectivity index (χ0n) is 11.2. The number of nitrogens with one attached hydrogen (secondary N) is 1. The van der Waals surface area contributed by atoms with E-state index >= 15 is 0 Å². The van der Waals surface area contributed by atoms with Gasteiger partial charge in [0.25, 0.3) is 0 Å². The van der Waals surface area contributed by atoms with Crippen molar-refractivity contribution in [3.8, 4) is 0 Å². The molecule has 0 radical (unpaired) electrons. The molecule has 1 aromatic rings. The van der Waals surface area contributed by atoms with Crippen LogP contribution in [0.2, 0.25) is 0 Å². The van der Waals surface area contributed by atoms with Crippen LogP contribution in [0.4, 0.5) is 0 Å². The third-order valence-corrected chi connectivity index (χ3v) is 4.80. The van der Waals surface area contributed by atoms with Gasteiger partial charge >= 0.3 is 0 Å². The maximum Gasteiger partial charge on any atom is 0.246 e. The van der Waals surface area contributed by atoms with Gasteiger partial charge in [-0.05, 0) is 55.0 Å². The highest BCUT2D eigenvalue weighted by Gasteiger charge is 2.50. The van der Waals surface area contributed by atoms with Crippen molar-refractivity contribution >= 4 is 23.2 Å². The quantitative estimate of drug-likeness (QED) is 0.916. The van der Waals surface area contributed by atoms with Gasteiger partial charge in [0.15, 0.2) is 0 Å². The zero-order valence-corrected chi connectivity index (χ0v) is 12.0. The number of hydrogen-bond donors (Lipinski definition) is 1. The number of carbonyl (C=O) groups is 2. The summed E-state index contributed by atoms with van der Waals surface area (Å²) in [6.45, 7) is 4.15. The second-order valence-electron chi connectivity index (χ2n) is 5.90. The maximum absolute atomic E-state index is 12.6. The summed E-state index contributed by atoms with van der Waals surface area (Å²) in [4.78, 5) is 26.6. The van der Waals surface area contributed by atoms with Crippen molar-refractivity contribution in [2.75, 3.05) is 0 Å². The third kappa shape index (κ3) is 2.16. The fourth-order valence-electron chi connectivity index (χ4n) is 2.54. The Morgan fingerprint density at radius 1 is 1.42 bits per heavy atom. The maximum atomic E-state index is 12.6. The summed E-state index contributed by atoms with van der Waals surface area (Å²) in [6.07, 6.45) is 2.09. The number of nitrogens with zero attached hydrogens (tertiary/aromatic N) is 1. The summed E-state index contributed by atoms with van der Waals surface area (Å²) in [5.74, 6) is 0.370. The molecular formula is C14H18N2O2S. The molecule has 5 heteroatoms. The highest BCUT2D eigenvalue weighted by atomic mass is 32.1. The average molecular weight is 278 g/mol. The van der Waals surface area contributed by atoms with E-state index in [9.17, 15) is 9.59 Å². The van der Waals surface area contributed by atoms with Crippen molar-refractivity contribution in [2.45, 2.75) is 44.8 Å². The van der Waals surface area contributed by atoms with Crippen molar-refractivity contribution in [1.82, 2.24) is 10.2 Å². The van der Waals surface area contributed by atoms with E-state index in [0.29, 0.717) is 12.5 Å². The molecule has 102 valence electrons. The minimum absolute atomic E-state index is 0.0424. The van der Waals surface area contributed by atoms with Gasteiger partial charge in [0.1, 0.15) is 11.6 Å². The van der Waals surface area contributed by atoms with Crippen molar-refractivity contribution in [2.24, 2.45) is 5.92 Å². The summed E-state index contributed by atoms with van der Waals surface area (Å²) in [7, 11) is 0. The van der Waals surface area contributed by atoms with Crippen LogP contribution in [0, 0.1) is 5.92 Å². The second-order valence-corrected chi connectivity index (χ2v) is 6.68. The van der Waals surface area contributed by atoms with Gasteiger partial charge in [0.05, 0.1) is 0 Å². The fraction of sp³-hybridized carbons (Fsp3) is 0.571. The smallest absolute Gasteiger partial charge is 0.246 e. The molecule has 1 N–H and O–H groups in total. The number of rotatable bonds is 3. The Balaban J connectivity index is 1.87. The Morgan fingerprint density at radius 2 is 2.16 bits per heavy atom. The van der Waals surface area contributed by atoms with Gasteiger partial charge in [-0.1, -0.05) is 0 Å². The summed E-state index contributed by atoms with van der Waals surface area (Å²) < 4.78 is 0. The molecule has 1 aromatic heterocycles. The van der Waals surface area contributed by atoms with E-state index in [2.05, 4.69) is 5.32 Å². The van der Waals surface area contributed by atoms with Crippen molar-refractivity contribution in [1.29, 1.82) is 0 Å². The van der Waals surface area contributed by atoms with Crippen LogP contribution < -0.4 is 5.32 Å². The van der Waals surface area contributed by atoms with Gasteiger partial charge in [-0.2, -0.15) is 11.3 Å². The summed E-state index contributed by atoms with van der Waals surface area (Å²) in [5, 5.41) is 6.93. The number of thiophene rings is 1. The largest absolute Gasteiger partial charge is 0.342 e. The number of amides is 2. The van der Waals surface area contributed by atoms with Crippen LogP contribution in [0.1, 0.15) is 32.3 Å². The van der Waals surface area contributed by atoms with E-state index in [1.165, 1.54) is 0 Å². The topological polar surface area (TPSA) is 49.4 Å². The first-order valence-electron chi connectivity index (χ1n) is 6.63. The molecule has 2 aliphatic rings. The molecule has 1 saturated heterocycles. The molecule has 0 bridgehead atoms. The standard InChI is InChI=1S/C14H18N2O2S/c1-14(2)13(18)15-11(10-3-4-10)12(17)16(14)7-9-5-6-19-8-9/h5-6,8,10-11H,3-4,7H2,1-2H3,(H,15,18). The molecule has 1 aliphatic heterocycles. The minimum atomic E-state index is -0.773. The molecular weight excluding hydrogens is 260 g/mol. The number of piperazine rings is 1. The SMILES string of the molecule is CC1(C)C(=O)NC(C2CC2)C(=O)N1Cc1ccsc1. The van der Waals surface area contributed by atoms with E-state index in [4.69, 9.17) is 0 Å². The van der Waals surface area contributed by atoms with Gasteiger partial charge in [-0.3, -0.25) is 9.59 Å². The van der Waals surface area contributed by atoms with Gasteiger partial charge in [-0.25, -0.2) is 0 Å². The van der Waals surface area contributed by atoms with E-state index in [-0.39, 0.29) is 17.9 Å². The Bertz CT molecular complexity index is 506. The van der Waals surface area contributed by atoms with Crippen molar-refractivity contribution in [3.05, 3.63) is 22.4 Å². The van der Waals surface area contributed by atoms with Gasteiger partial charge in [0.2, 0.25) is 11.8 Å². The molecule has 0 spiro atoms. The summed E-state index contributed by atoms with van der Waals surface area (Å²) >= 11 is 1.61. The monoisotopic (exact) mass is 278 g/mol. The van der Waals surface area contributed by atoms with Crippen LogP contribution >= 0.6 is 11.3 Å². The zero-order chi connectivity index (χ0) is 13.6. The predicted octanol–water partition coefficient (Wildman–Crippen LogP) is 1.76. The minimum Gasteiger partial charge on any atom is -0.342 e. The number of hydrogen-bond acceptors (Lipinski definition) is 3. The van der Waals surface area contributed by atoms with E-state index in [0.717, 1.165) is 18.4 Å². The van der Waals surface area contributed by atoms with E-state index in [1.807, 2.05) is 30.7 Å². The van der Waals surface area contributed by atoms with Crippen molar-refractivity contribution in [3.63, 3.8) is 0 Å². The van der Waals surface area contributed by atoms with Gasteiger partial charge in [-0.15, -0.1) is 0 Å². The summed E-state index contributed by atoms with van der Waals surface area (Å²) in [5.41, 5.74) is 0.320. The molecule has 3 rings (SSSR count). The highest BCUT2D eigenvalue weighted by molar-refractivity contribution is 7.07. The molecule has 19 heavy (non-hydrogen) atoms. The van der Waals surface area contributed by atoms with Crippen LogP contribution in [0.3, 0.4) is 0 Å². The first-order chi connectivity index (χ1) is 9.00. The average Bonchev–Trinajstić information content (AvgIpc) is 3.07. The predicted molar refractivity (Wildman–Crippen MR) is 73.6 cm³/mol. The third-order valence-electron chi connectivity index (χ3n) is 4.06. The molecule has 1 unspecified atom stereocenters. The molecule has 2 amide bonds. The normalized spacial score (nSPS) is 26.4. The Labute approximate surface area is 116 Å². The lowest BCUT2D eigenvalue weighted by molar-refractivity contribution is -0.156. The lowest BCUT2D eigenvalue weighted by Crippen LogP contribution is -2.68. The van der Waals surface area contributed by atoms with Crippen molar-refractivity contribution < 1.29 is 9.59 Å². The van der Waals surface area contributed by atoms with Crippen LogP contribution in [0.5, 0.6) is 0 Å².